The molecule has 0 spiro atoms. The van der Waals surface area contributed by atoms with E-state index in [1.165, 1.54) is 0 Å². The van der Waals surface area contributed by atoms with Crippen LogP contribution in [0, 0.1) is 5.82 Å². The van der Waals surface area contributed by atoms with Crippen molar-refractivity contribution >= 4 is 23.2 Å². The summed E-state index contributed by atoms with van der Waals surface area (Å²) in [6, 6.07) is 0.662. The van der Waals surface area contributed by atoms with Gasteiger partial charge in [0.2, 0.25) is 0 Å². The van der Waals surface area contributed by atoms with Crippen LogP contribution in [-0.4, -0.2) is 20.9 Å². The molecule has 0 saturated heterocycles. The SMILES string of the molecule is Cn1c(C(F)(F)F)cc(=O)n(-c2cc(OC(F)(F)C(F)Cl)c(Cl)cc2F)c1=O. The molecule has 2 aromatic rings. The molecule has 2 rings (SSSR count). The second kappa shape index (κ2) is 7.32. The minimum atomic E-state index is -5.07. The van der Waals surface area contributed by atoms with Gasteiger partial charge in [0, 0.05) is 19.2 Å². The average molecular weight is 455 g/mol. The van der Waals surface area contributed by atoms with Gasteiger partial charge in [0.05, 0.1) is 10.7 Å². The van der Waals surface area contributed by atoms with Crippen molar-refractivity contribution in [2.75, 3.05) is 0 Å². The Labute approximate surface area is 160 Å². The minimum absolute atomic E-state index is 0.000931. The molecule has 1 aromatic carbocycles. The Morgan fingerprint density at radius 2 is 1.68 bits per heavy atom. The number of aromatic nitrogens is 2. The standard InChI is InChI=1S/C14H7Cl2F7N2O3/c1-24-9(13(19,20)21)4-10(26)25(12(24)27)7-3-8(5(15)2-6(7)17)28-14(22,23)11(16)18/h2-4,11H,1H3. The van der Waals surface area contributed by atoms with Crippen molar-refractivity contribution in [1.82, 2.24) is 9.13 Å². The largest absolute Gasteiger partial charge is 0.444 e. The summed E-state index contributed by atoms with van der Waals surface area (Å²) in [7, 11) is 0.654. The van der Waals surface area contributed by atoms with E-state index >= 15 is 0 Å². The summed E-state index contributed by atoms with van der Waals surface area (Å²) in [6.45, 7) is 0. The third-order valence-electron chi connectivity index (χ3n) is 3.35. The van der Waals surface area contributed by atoms with Crippen molar-refractivity contribution in [2.45, 2.75) is 17.9 Å². The van der Waals surface area contributed by atoms with Crippen LogP contribution in [0.1, 0.15) is 5.69 Å². The maximum absolute atomic E-state index is 14.2. The highest BCUT2D eigenvalue weighted by atomic mass is 35.5. The van der Waals surface area contributed by atoms with Gasteiger partial charge < -0.3 is 4.74 Å². The fraction of sp³-hybridized carbons (Fsp3) is 0.286. The first kappa shape index (κ1) is 22.1. The molecule has 1 heterocycles. The third-order valence-corrected chi connectivity index (χ3v) is 3.90. The Morgan fingerprint density at radius 3 is 2.18 bits per heavy atom. The molecule has 28 heavy (non-hydrogen) atoms. The number of hydrogen-bond acceptors (Lipinski definition) is 3. The molecule has 1 aromatic heterocycles. The Kier molecular flexibility index (Phi) is 5.77. The van der Waals surface area contributed by atoms with Crippen molar-refractivity contribution in [3.05, 3.63) is 55.6 Å². The number of rotatable bonds is 4. The van der Waals surface area contributed by atoms with Gasteiger partial charge >= 0.3 is 18.0 Å². The quantitative estimate of drug-likeness (QED) is 0.520. The van der Waals surface area contributed by atoms with Gasteiger partial charge in [0.25, 0.3) is 11.2 Å². The molecule has 0 bridgehead atoms. The Bertz CT molecular complexity index is 1030. The zero-order valence-corrected chi connectivity index (χ0v) is 14.8. The highest BCUT2D eigenvalue weighted by Gasteiger charge is 2.43. The Balaban J connectivity index is 2.73. The summed E-state index contributed by atoms with van der Waals surface area (Å²) in [5, 5.41) is -0.810. The first-order valence-electron chi connectivity index (χ1n) is 6.91. The summed E-state index contributed by atoms with van der Waals surface area (Å²) in [6.07, 6.45) is -9.70. The number of benzene rings is 1. The summed E-state index contributed by atoms with van der Waals surface area (Å²) in [4.78, 5) is 24.1. The van der Waals surface area contributed by atoms with Crippen molar-refractivity contribution in [1.29, 1.82) is 0 Å². The van der Waals surface area contributed by atoms with Gasteiger partial charge in [-0.15, -0.1) is 0 Å². The average Bonchev–Trinajstić information content (AvgIpc) is 2.53. The molecule has 0 N–H and O–H groups in total. The van der Waals surface area contributed by atoms with E-state index < -0.39 is 57.1 Å². The summed E-state index contributed by atoms with van der Waals surface area (Å²) < 4.78 is 95.9. The first-order chi connectivity index (χ1) is 12.7. The summed E-state index contributed by atoms with van der Waals surface area (Å²) >= 11 is 10.1. The van der Waals surface area contributed by atoms with Crippen LogP contribution in [0.5, 0.6) is 5.75 Å². The molecule has 0 amide bonds. The van der Waals surface area contributed by atoms with E-state index in [1.807, 2.05) is 0 Å². The normalized spacial score (nSPS) is 13.5. The highest BCUT2D eigenvalue weighted by molar-refractivity contribution is 6.32. The van der Waals surface area contributed by atoms with E-state index in [0.29, 0.717) is 19.2 Å². The molecule has 1 unspecified atom stereocenters. The maximum atomic E-state index is 14.2. The molecule has 154 valence electrons. The first-order valence-corrected chi connectivity index (χ1v) is 7.73. The molecule has 0 aliphatic carbocycles. The van der Waals surface area contributed by atoms with Gasteiger partial charge in [0.15, 0.2) is 0 Å². The van der Waals surface area contributed by atoms with Crippen molar-refractivity contribution < 1.29 is 35.5 Å². The van der Waals surface area contributed by atoms with Crippen LogP contribution in [0.3, 0.4) is 0 Å². The van der Waals surface area contributed by atoms with Gasteiger partial charge in [0.1, 0.15) is 17.3 Å². The zero-order valence-electron chi connectivity index (χ0n) is 13.3. The molecule has 0 radical (unpaired) electrons. The molecule has 0 aliphatic rings. The van der Waals surface area contributed by atoms with Gasteiger partial charge in [-0.3, -0.25) is 9.36 Å². The second-order valence-corrected chi connectivity index (χ2v) is 6.03. The van der Waals surface area contributed by atoms with Crippen LogP contribution in [0.25, 0.3) is 5.69 Å². The Hall–Kier alpha value is -2.21. The smallest absolute Gasteiger partial charge is 0.428 e. The van der Waals surface area contributed by atoms with E-state index in [1.54, 1.807) is 0 Å². The van der Waals surface area contributed by atoms with Gasteiger partial charge in [-0.05, 0) is 6.07 Å². The van der Waals surface area contributed by atoms with E-state index in [-0.39, 0.29) is 15.2 Å². The molecule has 5 nitrogen and oxygen atoms in total. The maximum Gasteiger partial charge on any atom is 0.444 e. The summed E-state index contributed by atoms with van der Waals surface area (Å²) in [5.74, 6) is -2.51. The summed E-state index contributed by atoms with van der Waals surface area (Å²) in [5.41, 5.74) is -9.27. The number of halogens is 9. The lowest BCUT2D eigenvalue weighted by Crippen LogP contribution is -2.41. The van der Waals surface area contributed by atoms with E-state index in [4.69, 9.17) is 11.6 Å². The monoisotopic (exact) mass is 454 g/mol. The van der Waals surface area contributed by atoms with E-state index in [0.717, 1.165) is 0 Å². The molecular weight excluding hydrogens is 448 g/mol. The zero-order chi connectivity index (χ0) is 21.6. The lowest BCUT2D eigenvalue weighted by Gasteiger charge is -2.20. The molecule has 0 fully saturated rings. The van der Waals surface area contributed by atoms with Crippen LogP contribution >= 0.6 is 23.2 Å². The molecule has 0 aliphatic heterocycles. The molecular formula is C14H7Cl2F7N2O3. The lowest BCUT2D eigenvalue weighted by atomic mass is 10.2. The predicted molar refractivity (Wildman–Crippen MR) is 83.6 cm³/mol. The van der Waals surface area contributed by atoms with Crippen molar-refractivity contribution in [3.63, 3.8) is 0 Å². The minimum Gasteiger partial charge on any atom is -0.428 e. The fourth-order valence-corrected chi connectivity index (χ4v) is 2.31. The highest BCUT2D eigenvalue weighted by Crippen LogP contribution is 2.35. The number of nitrogens with zero attached hydrogens (tertiary/aromatic N) is 2. The third kappa shape index (κ3) is 4.12. The lowest BCUT2D eigenvalue weighted by molar-refractivity contribution is -0.199. The number of hydrogen-bond donors (Lipinski definition) is 0. The van der Waals surface area contributed by atoms with E-state index in [2.05, 4.69) is 16.3 Å². The van der Waals surface area contributed by atoms with Crippen molar-refractivity contribution in [2.24, 2.45) is 7.05 Å². The van der Waals surface area contributed by atoms with Gasteiger partial charge in [-0.25, -0.2) is 18.1 Å². The molecule has 0 saturated carbocycles. The van der Waals surface area contributed by atoms with Crippen LogP contribution in [-0.2, 0) is 13.2 Å². The number of alkyl halides is 7. The second-order valence-electron chi connectivity index (χ2n) is 5.24. The van der Waals surface area contributed by atoms with Crippen molar-refractivity contribution in [3.8, 4) is 11.4 Å². The van der Waals surface area contributed by atoms with Crippen LogP contribution in [0.2, 0.25) is 5.02 Å². The van der Waals surface area contributed by atoms with Gasteiger partial charge in [-0.2, -0.15) is 22.0 Å². The molecule has 14 heteroatoms. The molecule has 1 atom stereocenters. The topological polar surface area (TPSA) is 53.2 Å². The number of ether oxygens (including phenoxy) is 1. The fourth-order valence-electron chi connectivity index (χ4n) is 2.08. The predicted octanol–water partition coefficient (Wildman–Crippen LogP) is 3.85. The van der Waals surface area contributed by atoms with Gasteiger partial charge in [-0.1, -0.05) is 23.2 Å². The Morgan fingerprint density at radius 1 is 1.11 bits per heavy atom. The van der Waals surface area contributed by atoms with Crippen LogP contribution in [0.4, 0.5) is 30.7 Å². The van der Waals surface area contributed by atoms with Crippen LogP contribution < -0.4 is 16.0 Å². The van der Waals surface area contributed by atoms with E-state index in [9.17, 15) is 40.3 Å². The van der Waals surface area contributed by atoms with Crippen LogP contribution in [0.15, 0.2) is 27.8 Å².